The van der Waals surface area contributed by atoms with Crippen molar-refractivity contribution in [3.8, 4) is 0 Å². The maximum absolute atomic E-state index is 11.0. The molecule has 0 saturated heterocycles. The molecule has 1 saturated carbocycles. The van der Waals surface area contributed by atoms with E-state index in [-0.39, 0.29) is 6.03 Å². The molecule has 1 fully saturated rings. The van der Waals surface area contributed by atoms with E-state index in [1.807, 2.05) is 6.92 Å². The molecule has 1 rings (SSSR count). The third kappa shape index (κ3) is 3.11. The standard InChI is InChI=1S/C9H18N2O/c1-3-10-9(12)11-6-7(2)8-4-5-8/h7-8H,3-6H2,1-2H3,(H2,10,11,12). The van der Waals surface area contributed by atoms with Crippen molar-refractivity contribution in [3.63, 3.8) is 0 Å². The zero-order chi connectivity index (χ0) is 8.97. The smallest absolute Gasteiger partial charge is 0.314 e. The Bertz CT molecular complexity index is 155. The van der Waals surface area contributed by atoms with E-state index < -0.39 is 0 Å². The number of hydrogen-bond acceptors (Lipinski definition) is 1. The number of hydrogen-bond donors (Lipinski definition) is 2. The second kappa shape index (κ2) is 4.33. The molecule has 3 heteroatoms. The van der Waals surface area contributed by atoms with E-state index in [4.69, 9.17) is 0 Å². The molecule has 0 spiro atoms. The lowest BCUT2D eigenvalue weighted by atomic mass is 10.1. The Hall–Kier alpha value is -0.730. The van der Waals surface area contributed by atoms with E-state index in [2.05, 4.69) is 17.6 Å². The van der Waals surface area contributed by atoms with Crippen LogP contribution in [0.3, 0.4) is 0 Å². The molecule has 0 bridgehead atoms. The Kier molecular flexibility index (Phi) is 3.38. The van der Waals surface area contributed by atoms with Gasteiger partial charge in [0.05, 0.1) is 0 Å². The number of amides is 2. The van der Waals surface area contributed by atoms with Gasteiger partial charge in [0.15, 0.2) is 0 Å². The fourth-order valence-corrected chi connectivity index (χ4v) is 1.31. The van der Waals surface area contributed by atoms with Gasteiger partial charge in [0, 0.05) is 13.1 Å². The van der Waals surface area contributed by atoms with E-state index in [1.165, 1.54) is 12.8 Å². The van der Waals surface area contributed by atoms with Gasteiger partial charge in [-0.05, 0) is 31.6 Å². The molecule has 1 atom stereocenters. The number of urea groups is 1. The molecule has 1 aliphatic carbocycles. The quantitative estimate of drug-likeness (QED) is 0.657. The second-order valence-electron chi connectivity index (χ2n) is 3.56. The summed E-state index contributed by atoms with van der Waals surface area (Å²) >= 11 is 0. The molecule has 2 amide bonds. The molecular formula is C9H18N2O. The van der Waals surface area contributed by atoms with Gasteiger partial charge in [-0.1, -0.05) is 6.92 Å². The predicted molar refractivity (Wildman–Crippen MR) is 49.0 cm³/mol. The first-order chi connectivity index (χ1) is 5.74. The van der Waals surface area contributed by atoms with Crippen LogP contribution in [0.15, 0.2) is 0 Å². The summed E-state index contributed by atoms with van der Waals surface area (Å²) < 4.78 is 0. The SMILES string of the molecule is CCNC(=O)NCC(C)C1CC1. The lowest BCUT2D eigenvalue weighted by molar-refractivity contribution is 0.239. The summed E-state index contributed by atoms with van der Waals surface area (Å²) in [7, 11) is 0. The van der Waals surface area contributed by atoms with E-state index >= 15 is 0 Å². The van der Waals surface area contributed by atoms with Gasteiger partial charge in [-0.2, -0.15) is 0 Å². The van der Waals surface area contributed by atoms with Crippen molar-refractivity contribution >= 4 is 6.03 Å². The van der Waals surface area contributed by atoms with Gasteiger partial charge in [-0.25, -0.2) is 4.79 Å². The summed E-state index contributed by atoms with van der Waals surface area (Å²) in [6.07, 6.45) is 2.69. The van der Waals surface area contributed by atoms with Crippen molar-refractivity contribution in [1.82, 2.24) is 10.6 Å². The first-order valence-electron chi connectivity index (χ1n) is 4.75. The van der Waals surface area contributed by atoms with E-state index in [0.717, 1.165) is 12.5 Å². The zero-order valence-electron chi connectivity index (χ0n) is 7.89. The van der Waals surface area contributed by atoms with E-state index in [9.17, 15) is 4.79 Å². The normalized spacial score (nSPS) is 18.5. The van der Waals surface area contributed by atoms with Crippen molar-refractivity contribution in [2.45, 2.75) is 26.7 Å². The fourth-order valence-electron chi connectivity index (χ4n) is 1.31. The summed E-state index contributed by atoms with van der Waals surface area (Å²) in [6, 6.07) is -0.0370. The van der Waals surface area contributed by atoms with Gasteiger partial charge in [0.1, 0.15) is 0 Å². The zero-order valence-corrected chi connectivity index (χ0v) is 7.89. The molecule has 12 heavy (non-hydrogen) atoms. The van der Waals surface area contributed by atoms with Crippen molar-refractivity contribution in [2.75, 3.05) is 13.1 Å². The van der Waals surface area contributed by atoms with Crippen LogP contribution in [0.25, 0.3) is 0 Å². The van der Waals surface area contributed by atoms with Crippen LogP contribution in [0.5, 0.6) is 0 Å². The third-order valence-electron chi connectivity index (χ3n) is 2.35. The van der Waals surface area contributed by atoms with Crippen LogP contribution in [-0.4, -0.2) is 19.1 Å². The van der Waals surface area contributed by atoms with Crippen molar-refractivity contribution in [1.29, 1.82) is 0 Å². The molecule has 0 aromatic rings. The molecule has 0 heterocycles. The monoisotopic (exact) mass is 170 g/mol. The maximum Gasteiger partial charge on any atom is 0.314 e. The molecule has 3 nitrogen and oxygen atoms in total. The van der Waals surface area contributed by atoms with E-state index in [0.29, 0.717) is 12.5 Å². The first kappa shape index (κ1) is 9.36. The first-order valence-corrected chi connectivity index (χ1v) is 4.75. The number of carbonyl (C=O) groups is 1. The van der Waals surface area contributed by atoms with Crippen molar-refractivity contribution < 1.29 is 4.79 Å². The highest BCUT2D eigenvalue weighted by Crippen LogP contribution is 2.35. The minimum absolute atomic E-state index is 0.0370. The summed E-state index contributed by atoms with van der Waals surface area (Å²) in [6.45, 7) is 5.63. The molecule has 0 aromatic heterocycles. The topological polar surface area (TPSA) is 41.1 Å². The highest BCUT2D eigenvalue weighted by Gasteiger charge is 2.27. The lowest BCUT2D eigenvalue weighted by Crippen LogP contribution is -2.37. The van der Waals surface area contributed by atoms with Crippen molar-refractivity contribution in [2.24, 2.45) is 11.8 Å². The number of nitrogens with one attached hydrogen (secondary N) is 2. The van der Waals surface area contributed by atoms with Crippen LogP contribution in [-0.2, 0) is 0 Å². The van der Waals surface area contributed by atoms with Crippen molar-refractivity contribution in [3.05, 3.63) is 0 Å². The summed E-state index contributed by atoms with van der Waals surface area (Å²) in [5, 5.41) is 5.56. The van der Waals surface area contributed by atoms with Crippen LogP contribution >= 0.6 is 0 Å². The summed E-state index contributed by atoms with van der Waals surface area (Å²) in [4.78, 5) is 11.0. The summed E-state index contributed by atoms with van der Waals surface area (Å²) in [5.74, 6) is 1.51. The molecule has 1 unspecified atom stereocenters. The largest absolute Gasteiger partial charge is 0.338 e. The Morgan fingerprint density at radius 2 is 2.17 bits per heavy atom. The Labute approximate surface area is 73.9 Å². The minimum Gasteiger partial charge on any atom is -0.338 e. The van der Waals surface area contributed by atoms with Gasteiger partial charge in [-0.15, -0.1) is 0 Å². The van der Waals surface area contributed by atoms with Crippen LogP contribution in [0.4, 0.5) is 4.79 Å². The molecule has 0 radical (unpaired) electrons. The van der Waals surface area contributed by atoms with Gasteiger partial charge >= 0.3 is 6.03 Å². The maximum atomic E-state index is 11.0. The second-order valence-corrected chi connectivity index (χ2v) is 3.56. The summed E-state index contributed by atoms with van der Waals surface area (Å²) in [5.41, 5.74) is 0. The Morgan fingerprint density at radius 3 is 2.67 bits per heavy atom. The Morgan fingerprint density at radius 1 is 1.50 bits per heavy atom. The van der Waals surface area contributed by atoms with E-state index in [1.54, 1.807) is 0 Å². The highest BCUT2D eigenvalue weighted by atomic mass is 16.2. The molecular weight excluding hydrogens is 152 g/mol. The third-order valence-corrected chi connectivity index (χ3v) is 2.35. The average Bonchev–Trinajstić information content (AvgIpc) is 2.83. The highest BCUT2D eigenvalue weighted by molar-refractivity contribution is 5.73. The lowest BCUT2D eigenvalue weighted by Gasteiger charge is -2.11. The van der Waals surface area contributed by atoms with Gasteiger partial charge in [-0.3, -0.25) is 0 Å². The average molecular weight is 170 g/mol. The Balaban J connectivity index is 2.03. The van der Waals surface area contributed by atoms with Crippen LogP contribution < -0.4 is 10.6 Å². The number of rotatable bonds is 4. The minimum atomic E-state index is -0.0370. The van der Waals surface area contributed by atoms with Crippen LogP contribution in [0.2, 0.25) is 0 Å². The molecule has 2 N–H and O–H groups in total. The predicted octanol–water partition coefficient (Wildman–Crippen LogP) is 1.35. The van der Waals surface area contributed by atoms with Gasteiger partial charge in [0.2, 0.25) is 0 Å². The molecule has 70 valence electrons. The molecule has 1 aliphatic rings. The fraction of sp³-hybridized carbons (Fsp3) is 0.889. The van der Waals surface area contributed by atoms with Crippen LogP contribution in [0.1, 0.15) is 26.7 Å². The molecule has 0 aromatic carbocycles. The molecule has 0 aliphatic heterocycles. The van der Waals surface area contributed by atoms with Crippen LogP contribution in [0, 0.1) is 11.8 Å². The number of carbonyl (C=O) groups excluding carboxylic acids is 1. The van der Waals surface area contributed by atoms with Gasteiger partial charge < -0.3 is 10.6 Å². The van der Waals surface area contributed by atoms with Gasteiger partial charge in [0.25, 0.3) is 0 Å².